The number of ether oxygens (including phenoxy) is 1. The van der Waals surface area contributed by atoms with Gasteiger partial charge in [-0.25, -0.2) is 4.79 Å². The maximum Gasteiger partial charge on any atom is 0.329 e. The number of cyclic esters (lactones) is 1. The highest BCUT2D eigenvalue weighted by Crippen LogP contribution is 2.29. The van der Waals surface area contributed by atoms with E-state index in [1.54, 1.807) is 20.9 Å². The minimum Gasteiger partial charge on any atom is -0.451 e. The quantitative estimate of drug-likeness (QED) is 0.199. The van der Waals surface area contributed by atoms with Gasteiger partial charge in [0.2, 0.25) is 29.5 Å². The fourth-order valence-corrected chi connectivity index (χ4v) is 8.39. The summed E-state index contributed by atoms with van der Waals surface area (Å²) in [5, 5.41) is 18.1. The minimum absolute atomic E-state index is 0.0220. The molecule has 0 spiro atoms. The van der Waals surface area contributed by atoms with Gasteiger partial charge in [0, 0.05) is 34.0 Å². The van der Waals surface area contributed by atoms with E-state index in [1.807, 2.05) is 40.7 Å². The van der Waals surface area contributed by atoms with Crippen LogP contribution in [-0.4, -0.2) is 120 Å². The summed E-state index contributed by atoms with van der Waals surface area (Å²) >= 11 is 0. The number of likely N-dealkylation sites (N-methyl/N-ethyl adjacent to an activating group) is 3. The minimum atomic E-state index is -1.47. The molecule has 2 aliphatic rings. The van der Waals surface area contributed by atoms with Crippen LogP contribution in [-0.2, 0) is 38.3 Å². The Labute approximate surface area is 366 Å². The Balaban J connectivity index is 2.84. The van der Waals surface area contributed by atoms with Crippen molar-refractivity contribution in [1.82, 2.24) is 30.7 Å². The molecule has 0 aromatic rings. The van der Waals surface area contributed by atoms with Crippen molar-refractivity contribution in [2.45, 2.75) is 195 Å². The molecule has 1 saturated carbocycles. The van der Waals surface area contributed by atoms with Crippen LogP contribution < -0.4 is 16.0 Å². The molecule has 0 aromatic heterocycles. The molecule has 3 N–H and O–H groups in total. The summed E-state index contributed by atoms with van der Waals surface area (Å²) in [5.74, 6) is -4.67. The molecule has 1 aliphatic heterocycles. The first kappa shape index (κ1) is 52.9. The lowest BCUT2D eigenvalue weighted by atomic mass is 9.84. The highest BCUT2D eigenvalue weighted by Gasteiger charge is 2.41. The van der Waals surface area contributed by atoms with E-state index in [1.165, 1.54) is 35.7 Å². The van der Waals surface area contributed by atoms with Crippen LogP contribution in [0.3, 0.4) is 0 Å². The second-order valence-electron chi connectivity index (χ2n) is 19.0. The van der Waals surface area contributed by atoms with Crippen LogP contribution in [0.4, 0.5) is 0 Å². The Morgan fingerprint density at radius 3 is 1.79 bits per heavy atom. The number of unbranched alkanes of at least 4 members (excludes halogenated alkanes) is 1. The number of nitrogens with zero attached hydrogens (tertiary/aromatic N) is 4. The van der Waals surface area contributed by atoms with Crippen molar-refractivity contribution in [3.63, 3.8) is 0 Å². The second kappa shape index (κ2) is 25.7. The van der Waals surface area contributed by atoms with E-state index in [2.05, 4.69) is 22.9 Å². The first-order valence-electron chi connectivity index (χ1n) is 22.9. The zero-order valence-electron chi connectivity index (χ0n) is 39.4. The van der Waals surface area contributed by atoms with E-state index >= 15 is 0 Å². The molecule has 2 rings (SSSR count). The Morgan fingerprint density at radius 1 is 0.705 bits per heavy atom. The Kier molecular flexibility index (Phi) is 22.3. The average molecular weight is 858 g/mol. The molecule has 1 unspecified atom stereocenters. The molecule has 15 nitrogen and oxygen atoms in total. The molecule has 1 aliphatic carbocycles. The summed E-state index contributed by atoms with van der Waals surface area (Å²) in [5.41, 5.74) is 0. The molecule has 1 heterocycles. The molecule has 8 atom stereocenters. The molecular weight excluding hydrogens is 779 g/mol. The van der Waals surface area contributed by atoms with Crippen molar-refractivity contribution < 1.29 is 38.3 Å². The van der Waals surface area contributed by atoms with Gasteiger partial charge >= 0.3 is 5.97 Å². The smallest absolute Gasteiger partial charge is 0.329 e. The Morgan fingerprint density at radius 2 is 1.25 bits per heavy atom. The standard InChI is InChI=1S/C46H79N7O8/c1-13-14-19-31(8)26-35-43(57)51(10)32(9)46(60)61-38(22-18-23-47)42(56)50-39(30(6)7)45(59)53(12)36(25-29(4)5)40(54)48-34(24-28(2)3)44(58)52(11)37(41(55)49-35)27-33-20-16-15-17-21-33/h28-39H,13-22,24-27H2,1-12H3,(H,48,54)(H,49,55)(H,50,56)/t31-,32+,34+,35+,36+,37+,38-,39?/m1/s1. The largest absolute Gasteiger partial charge is 0.451 e. The van der Waals surface area contributed by atoms with Crippen LogP contribution >= 0.6 is 0 Å². The van der Waals surface area contributed by atoms with Crippen LogP contribution in [0.2, 0.25) is 0 Å². The van der Waals surface area contributed by atoms with Gasteiger partial charge in [-0.2, -0.15) is 5.26 Å². The van der Waals surface area contributed by atoms with Crippen molar-refractivity contribution in [2.24, 2.45) is 29.6 Å². The fraction of sp³-hybridized carbons (Fsp3) is 0.826. The van der Waals surface area contributed by atoms with E-state index in [4.69, 9.17) is 4.74 Å². The van der Waals surface area contributed by atoms with E-state index in [9.17, 15) is 38.8 Å². The number of carbonyl (C=O) groups is 7. The van der Waals surface area contributed by atoms with Crippen LogP contribution in [0.5, 0.6) is 0 Å². The highest BCUT2D eigenvalue weighted by molar-refractivity contribution is 5.97. The van der Waals surface area contributed by atoms with Gasteiger partial charge in [-0.1, -0.05) is 107 Å². The van der Waals surface area contributed by atoms with Crippen LogP contribution in [0, 0.1) is 40.9 Å². The van der Waals surface area contributed by atoms with Crippen molar-refractivity contribution in [3.05, 3.63) is 0 Å². The molecule has 0 radical (unpaired) electrons. The van der Waals surface area contributed by atoms with E-state index in [0.717, 1.165) is 51.4 Å². The van der Waals surface area contributed by atoms with Gasteiger partial charge in [0.15, 0.2) is 6.10 Å². The summed E-state index contributed by atoms with van der Waals surface area (Å²) in [7, 11) is 4.51. The topological polar surface area (TPSA) is 198 Å². The molecule has 6 amide bonds. The third-order valence-electron chi connectivity index (χ3n) is 12.4. The fourth-order valence-electron chi connectivity index (χ4n) is 8.39. The lowest BCUT2D eigenvalue weighted by Crippen LogP contribution is -2.60. The molecule has 2 fully saturated rings. The van der Waals surface area contributed by atoms with Crippen molar-refractivity contribution in [3.8, 4) is 6.07 Å². The predicted molar refractivity (Wildman–Crippen MR) is 234 cm³/mol. The number of hydrogen-bond donors (Lipinski definition) is 3. The van der Waals surface area contributed by atoms with E-state index in [-0.39, 0.29) is 55.8 Å². The van der Waals surface area contributed by atoms with Crippen molar-refractivity contribution >= 4 is 41.4 Å². The lowest BCUT2D eigenvalue weighted by molar-refractivity contribution is -0.163. The predicted octanol–water partition coefficient (Wildman–Crippen LogP) is 5.11. The molecule has 0 aromatic carbocycles. The van der Waals surface area contributed by atoms with Gasteiger partial charge in [0.1, 0.15) is 36.3 Å². The first-order chi connectivity index (χ1) is 28.6. The molecule has 15 heteroatoms. The average Bonchev–Trinajstić information content (AvgIpc) is 3.21. The number of rotatable bonds is 14. The van der Waals surface area contributed by atoms with Crippen LogP contribution in [0.1, 0.15) is 152 Å². The van der Waals surface area contributed by atoms with Gasteiger partial charge in [-0.3, -0.25) is 28.8 Å². The second-order valence-corrected chi connectivity index (χ2v) is 19.0. The van der Waals surface area contributed by atoms with Gasteiger partial charge in [-0.15, -0.1) is 0 Å². The van der Waals surface area contributed by atoms with Crippen molar-refractivity contribution in [1.29, 1.82) is 5.26 Å². The molecule has 346 valence electrons. The zero-order chi connectivity index (χ0) is 46.1. The molecule has 1 saturated heterocycles. The number of nitrogens with one attached hydrogen (secondary N) is 3. The van der Waals surface area contributed by atoms with E-state index in [0.29, 0.717) is 6.42 Å². The number of carbonyl (C=O) groups excluding carboxylic acids is 7. The molecular formula is C46H79N7O8. The summed E-state index contributed by atoms with van der Waals surface area (Å²) in [6, 6.07) is -4.46. The Bertz CT molecular complexity index is 1520. The van der Waals surface area contributed by atoms with Gasteiger partial charge < -0.3 is 35.4 Å². The normalized spacial score (nSPS) is 27.1. The summed E-state index contributed by atoms with van der Waals surface area (Å²) in [4.78, 5) is 104. The number of hydrogen-bond acceptors (Lipinski definition) is 9. The summed E-state index contributed by atoms with van der Waals surface area (Å²) < 4.78 is 5.72. The van der Waals surface area contributed by atoms with E-state index < -0.39 is 89.7 Å². The maximum atomic E-state index is 14.7. The third-order valence-corrected chi connectivity index (χ3v) is 12.4. The van der Waals surface area contributed by atoms with Crippen LogP contribution in [0.25, 0.3) is 0 Å². The van der Waals surface area contributed by atoms with Crippen molar-refractivity contribution in [2.75, 3.05) is 21.1 Å². The highest BCUT2D eigenvalue weighted by atomic mass is 16.5. The monoisotopic (exact) mass is 858 g/mol. The maximum absolute atomic E-state index is 14.7. The summed E-state index contributed by atoms with van der Waals surface area (Å²) in [6.07, 6.45) is 6.98. The molecule has 0 bridgehead atoms. The number of esters is 1. The number of amides is 6. The van der Waals surface area contributed by atoms with Gasteiger partial charge in [0.25, 0.3) is 5.91 Å². The summed E-state index contributed by atoms with van der Waals surface area (Å²) in [6.45, 7) is 16.7. The zero-order valence-corrected chi connectivity index (χ0v) is 39.4. The lowest BCUT2D eigenvalue weighted by Gasteiger charge is -2.37. The third kappa shape index (κ3) is 16.2. The number of nitriles is 1. The van der Waals surface area contributed by atoms with Gasteiger partial charge in [0.05, 0.1) is 6.07 Å². The van der Waals surface area contributed by atoms with Crippen LogP contribution in [0.15, 0.2) is 0 Å². The van der Waals surface area contributed by atoms with Gasteiger partial charge in [-0.05, 0) is 62.2 Å². The Hall–Kier alpha value is -4.22. The molecule has 61 heavy (non-hydrogen) atoms. The first-order valence-corrected chi connectivity index (χ1v) is 22.9. The SMILES string of the molecule is CCCC[C@@H](C)C[C@@H]1NC(=O)[C@H](CC2CCCCC2)N(C)C(=O)[C@H](CC(C)C)NC(=O)[C@H](CC(C)C)N(C)C(=O)C(C(C)C)NC(=O)[C@@H](CCC#N)OC(=O)[C@H](C)N(C)C1=O.